The third kappa shape index (κ3) is 8.01. The monoisotopic (exact) mass is 571 g/mol. The van der Waals surface area contributed by atoms with Gasteiger partial charge in [0.15, 0.2) is 12.1 Å². The Kier molecular flexibility index (Phi) is 8.82. The molecule has 3 aromatic rings. The minimum absolute atomic E-state index is 0.0641. The molecule has 0 saturated carbocycles. The molecule has 1 atom stereocenters. The van der Waals surface area contributed by atoms with Crippen LogP contribution < -0.4 is 30.6 Å². The van der Waals surface area contributed by atoms with Gasteiger partial charge in [0, 0.05) is 18.0 Å². The Hall–Kier alpha value is -3.96. The number of ether oxygens (including phenoxy) is 2. The van der Waals surface area contributed by atoms with E-state index in [-0.39, 0.29) is 25.0 Å². The average Bonchev–Trinajstić information content (AvgIpc) is 2.86. The van der Waals surface area contributed by atoms with Gasteiger partial charge in [-0.3, -0.25) is 14.5 Å². The maximum absolute atomic E-state index is 13.6. The number of aliphatic imine (C=N–C) groups is 1. The quantitative estimate of drug-likeness (QED) is 0.236. The van der Waals surface area contributed by atoms with Crippen molar-refractivity contribution in [2.75, 3.05) is 29.0 Å². The SMILES string of the molecule is CS(=O)(=O)Nc1ccc2c(c1)N(Cc1cccc(Cl)c1)C(=O)C(CCOc1ccc(CCN=C(N)N)cc1)O2. The van der Waals surface area contributed by atoms with Crippen molar-refractivity contribution in [1.29, 1.82) is 0 Å². The normalized spacial score (nSPS) is 14.8. The lowest BCUT2D eigenvalue weighted by molar-refractivity contribution is -0.127. The van der Waals surface area contributed by atoms with Gasteiger partial charge in [-0.15, -0.1) is 0 Å². The van der Waals surface area contributed by atoms with Crippen molar-refractivity contribution in [3.05, 3.63) is 82.9 Å². The number of hydrogen-bond acceptors (Lipinski definition) is 6. The summed E-state index contributed by atoms with van der Waals surface area (Å²) in [4.78, 5) is 19.1. The number of anilines is 2. The fourth-order valence-electron chi connectivity index (χ4n) is 4.12. The Morgan fingerprint density at radius 3 is 2.56 bits per heavy atom. The number of nitrogens with one attached hydrogen (secondary N) is 1. The maximum atomic E-state index is 13.6. The van der Waals surface area contributed by atoms with Gasteiger partial charge < -0.3 is 25.8 Å². The summed E-state index contributed by atoms with van der Waals surface area (Å²) < 4.78 is 37.9. The predicted octanol–water partition coefficient (Wildman–Crippen LogP) is 3.29. The van der Waals surface area contributed by atoms with Gasteiger partial charge in [-0.05, 0) is 60.0 Å². The second kappa shape index (κ2) is 12.3. The lowest BCUT2D eigenvalue weighted by Gasteiger charge is -2.35. The molecular formula is C27H30ClN5O5S. The molecule has 0 radical (unpaired) electrons. The van der Waals surface area contributed by atoms with Crippen molar-refractivity contribution in [2.24, 2.45) is 16.5 Å². The highest BCUT2D eigenvalue weighted by Gasteiger charge is 2.35. The van der Waals surface area contributed by atoms with Crippen LogP contribution in [0.3, 0.4) is 0 Å². The number of amides is 1. The molecule has 0 bridgehead atoms. The second-order valence-electron chi connectivity index (χ2n) is 9.06. The molecule has 0 saturated heterocycles. The van der Waals surface area contributed by atoms with E-state index in [1.165, 1.54) is 0 Å². The molecule has 1 amide bonds. The number of guanidine groups is 1. The van der Waals surface area contributed by atoms with Crippen LogP contribution in [0.2, 0.25) is 5.02 Å². The maximum Gasteiger partial charge on any atom is 0.268 e. The number of hydrogen-bond donors (Lipinski definition) is 3. The van der Waals surface area contributed by atoms with Gasteiger partial charge in [0.1, 0.15) is 11.5 Å². The summed E-state index contributed by atoms with van der Waals surface area (Å²) in [6, 6.07) is 19.6. The van der Waals surface area contributed by atoms with Crippen molar-refractivity contribution in [3.63, 3.8) is 0 Å². The molecule has 3 aromatic carbocycles. The van der Waals surface area contributed by atoms with Gasteiger partial charge in [0.25, 0.3) is 5.91 Å². The first kappa shape index (κ1) is 28.1. The van der Waals surface area contributed by atoms with E-state index < -0.39 is 16.1 Å². The van der Waals surface area contributed by atoms with Crippen molar-refractivity contribution < 1.29 is 22.7 Å². The molecule has 1 aliphatic heterocycles. The number of nitrogens with zero attached hydrogens (tertiary/aromatic N) is 2. The van der Waals surface area contributed by atoms with E-state index in [1.807, 2.05) is 36.4 Å². The molecule has 39 heavy (non-hydrogen) atoms. The summed E-state index contributed by atoms with van der Waals surface area (Å²) in [5.74, 6) is 0.925. The largest absolute Gasteiger partial charge is 0.493 e. The molecule has 0 spiro atoms. The van der Waals surface area contributed by atoms with Gasteiger partial charge in [0.2, 0.25) is 10.0 Å². The van der Waals surface area contributed by atoms with E-state index in [4.69, 9.17) is 32.5 Å². The van der Waals surface area contributed by atoms with E-state index in [0.717, 1.165) is 17.4 Å². The number of rotatable bonds is 11. The van der Waals surface area contributed by atoms with Gasteiger partial charge >= 0.3 is 0 Å². The standard InChI is InChI=1S/C27H30ClN5O5S/c1-39(35,36)32-21-7-10-24-23(16-21)33(17-19-3-2-4-20(28)15-19)26(34)25(38-24)12-14-37-22-8-5-18(6-9-22)11-13-31-27(29)30/h2-10,15-16,25,32H,11-14,17H2,1H3,(H4,29,30,31). The van der Waals surface area contributed by atoms with E-state index in [0.29, 0.717) is 47.3 Å². The molecule has 1 aliphatic rings. The Morgan fingerprint density at radius 2 is 1.87 bits per heavy atom. The van der Waals surface area contributed by atoms with E-state index in [9.17, 15) is 13.2 Å². The summed E-state index contributed by atoms with van der Waals surface area (Å²) >= 11 is 6.16. The average molecular weight is 572 g/mol. The van der Waals surface area contributed by atoms with Crippen LogP contribution in [0, 0.1) is 0 Å². The molecule has 0 aliphatic carbocycles. The zero-order valence-electron chi connectivity index (χ0n) is 21.3. The molecule has 10 nitrogen and oxygen atoms in total. The number of benzene rings is 3. The van der Waals surface area contributed by atoms with Crippen LogP contribution in [0.4, 0.5) is 11.4 Å². The summed E-state index contributed by atoms with van der Waals surface area (Å²) in [5.41, 5.74) is 13.4. The van der Waals surface area contributed by atoms with Gasteiger partial charge in [-0.2, -0.15) is 0 Å². The fourth-order valence-corrected chi connectivity index (χ4v) is 4.88. The minimum atomic E-state index is -3.50. The molecular weight excluding hydrogens is 542 g/mol. The zero-order chi connectivity index (χ0) is 28.0. The van der Waals surface area contributed by atoms with Crippen molar-refractivity contribution in [1.82, 2.24) is 0 Å². The van der Waals surface area contributed by atoms with Crippen LogP contribution in [0.5, 0.6) is 11.5 Å². The summed E-state index contributed by atoms with van der Waals surface area (Å²) in [5, 5.41) is 0.549. The fraction of sp³-hybridized carbons (Fsp3) is 0.259. The molecule has 12 heteroatoms. The van der Waals surface area contributed by atoms with Crippen LogP contribution >= 0.6 is 11.6 Å². The zero-order valence-corrected chi connectivity index (χ0v) is 22.9. The first-order valence-electron chi connectivity index (χ1n) is 12.2. The smallest absolute Gasteiger partial charge is 0.268 e. The highest BCUT2D eigenvalue weighted by atomic mass is 35.5. The molecule has 1 heterocycles. The first-order chi connectivity index (χ1) is 18.6. The Balaban J connectivity index is 1.46. The van der Waals surface area contributed by atoms with Crippen molar-refractivity contribution in [2.45, 2.75) is 25.5 Å². The first-order valence-corrected chi connectivity index (χ1v) is 14.5. The molecule has 1 unspecified atom stereocenters. The Morgan fingerprint density at radius 1 is 1.10 bits per heavy atom. The minimum Gasteiger partial charge on any atom is -0.493 e. The third-order valence-corrected chi connectivity index (χ3v) is 6.70. The predicted molar refractivity (Wildman–Crippen MR) is 153 cm³/mol. The number of halogens is 1. The molecule has 0 fully saturated rings. The van der Waals surface area contributed by atoms with Crippen LogP contribution in [-0.4, -0.2) is 45.8 Å². The van der Waals surface area contributed by atoms with Gasteiger partial charge in [-0.25, -0.2) is 8.42 Å². The lowest BCUT2D eigenvalue weighted by atomic mass is 10.1. The van der Waals surface area contributed by atoms with Crippen LogP contribution in [0.15, 0.2) is 71.7 Å². The topological polar surface area (TPSA) is 149 Å². The van der Waals surface area contributed by atoms with Crippen molar-refractivity contribution >= 4 is 44.9 Å². The Bertz CT molecular complexity index is 1460. The molecule has 4 rings (SSSR count). The number of nitrogens with two attached hydrogens (primary N) is 2. The number of carbonyl (C=O) groups excluding carboxylic acids is 1. The highest BCUT2D eigenvalue weighted by Crippen LogP contribution is 2.38. The van der Waals surface area contributed by atoms with Gasteiger partial charge in [0.05, 0.1) is 30.8 Å². The highest BCUT2D eigenvalue weighted by molar-refractivity contribution is 7.92. The number of carbonyl (C=O) groups is 1. The summed E-state index contributed by atoms with van der Waals surface area (Å²) in [6.07, 6.45) is 1.28. The number of fused-ring (bicyclic) bond motifs is 1. The lowest BCUT2D eigenvalue weighted by Crippen LogP contribution is -2.46. The molecule has 206 valence electrons. The Labute approximate surface area is 232 Å². The van der Waals surface area contributed by atoms with Crippen LogP contribution in [-0.2, 0) is 27.8 Å². The van der Waals surface area contributed by atoms with E-state index in [2.05, 4.69) is 9.71 Å². The summed E-state index contributed by atoms with van der Waals surface area (Å²) in [6.45, 7) is 0.983. The number of sulfonamides is 1. The van der Waals surface area contributed by atoms with Crippen molar-refractivity contribution in [3.8, 4) is 11.5 Å². The van der Waals surface area contributed by atoms with Gasteiger partial charge in [-0.1, -0.05) is 35.9 Å². The molecule has 5 N–H and O–H groups in total. The van der Waals surface area contributed by atoms with Crippen LogP contribution in [0.25, 0.3) is 0 Å². The van der Waals surface area contributed by atoms with Crippen LogP contribution in [0.1, 0.15) is 17.5 Å². The molecule has 0 aromatic heterocycles. The third-order valence-electron chi connectivity index (χ3n) is 5.86. The van der Waals surface area contributed by atoms with E-state index in [1.54, 1.807) is 35.2 Å². The summed E-state index contributed by atoms with van der Waals surface area (Å²) in [7, 11) is -3.50. The second-order valence-corrected chi connectivity index (χ2v) is 11.2. The van der Waals surface area contributed by atoms with E-state index >= 15 is 0 Å².